The highest BCUT2D eigenvalue weighted by molar-refractivity contribution is 5.82. The van der Waals surface area contributed by atoms with Gasteiger partial charge in [0.05, 0.1) is 29.6 Å². The first-order valence-corrected chi connectivity index (χ1v) is 14.8. The molecular weight excluding hydrogens is 554 g/mol. The van der Waals surface area contributed by atoms with Crippen molar-refractivity contribution in [3.05, 3.63) is 104 Å². The highest BCUT2D eigenvalue weighted by Gasteiger charge is 2.22. The molecule has 0 bridgehead atoms. The molecule has 0 aliphatic carbocycles. The van der Waals surface area contributed by atoms with Gasteiger partial charge in [-0.05, 0) is 72.8 Å². The van der Waals surface area contributed by atoms with Crippen molar-refractivity contribution in [2.24, 2.45) is 7.05 Å². The molecule has 4 heterocycles. The number of likely N-dealkylation sites (tertiary alicyclic amines) is 1. The highest BCUT2D eigenvalue weighted by Crippen LogP contribution is 2.30. The van der Waals surface area contributed by atoms with Crippen LogP contribution in [0.1, 0.15) is 49.8 Å². The monoisotopic (exact) mass is 591 g/mol. The predicted molar refractivity (Wildman–Crippen MR) is 173 cm³/mol. The van der Waals surface area contributed by atoms with Gasteiger partial charge in [-0.15, -0.1) is 0 Å². The van der Waals surface area contributed by atoms with E-state index in [0.717, 1.165) is 30.5 Å². The number of benzene rings is 2. The molecule has 10 heteroatoms. The number of aliphatic hydroxyl groups excluding tert-OH is 1. The maximum Gasteiger partial charge on any atom is 0.290 e. The predicted octanol–water partition coefficient (Wildman–Crippen LogP) is 4.49. The Labute approximate surface area is 255 Å². The van der Waals surface area contributed by atoms with E-state index in [9.17, 15) is 14.7 Å². The zero-order valence-corrected chi connectivity index (χ0v) is 25.7. The number of nitrogens with zero attached hydrogens (tertiary/aromatic N) is 6. The van der Waals surface area contributed by atoms with Crippen molar-refractivity contribution < 1.29 is 5.11 Å². The first-order chi connectivity index (χ1) is 21.0. The number of pyridine rings is 1. The summed E-state index contributed by atoms with van der Waals surface area (Å²) >= 11 is 0. The van der Waals surface area contributed by atoms with Crippen LogP contribution in [0, 0.1) is 0 Å². The van der Waals surface area contributed by atoms with Gasteiger partial charge >= 0.3 is 0 Å². The van der Waals surface area contributed by atoms with Crippen molar-refractivity contribution >= 4 is 22.3 Å². The maximum atomic E-state index is 13.6. The number of anilines is 2. The average molecular weight is 592 g/mol. The minimum Gasteiger partial charge on any atom is -0.392 e. The molecule has 1 fully saturated rings. The molecule has 1 aliphatic heterocycles. The van der Waals surface area contributed by atoms with Crippen LogP contribution in [0.5, 0.6) is 0 Å². The van der Waals surface area contributed by atoms with E-state index < -0.39 is 0 Å². The molecule has 0 unspecified atom stereocenters. The molecule has 0 saturated carbocycles. The minimum absolute atomic E-state index is 0.0653. The largest absolute Gasteiger partial charge is 0.392 e. The number of aliphatic hydroxyl groups is 1. The molecule has 3 aromatic heterocycles. The van der Waals surface area contributed by atoms with Crippen LogP contribution in [0.15, 0.2) is 76.6 Å². The molecule has 2 aromatic carbocycles. The number of nitrogens with one attached hydrogen (secondary N) is 1. The zero-order valence-electron chi connectivity index (χ0n) is 25.7. The van der Waals surface area contributed by atoms with Gasteiger partial charge in [0, 0.05) is 36.3 Å². The smallest absolute Gasteiger partial charge is 0.290 e. The van der Waals surface area contributed by atoms with Crippen LogP contribution < -0.4 is 16.4 Å². The Hall–Kier alpha value is -4.67. The molecule has 0 radical (unpaired) electrons. The van der Waals surface area contributed by atoms with E-state index in [2.05, 4.69) is 59.3 Å². The quantitative estimate of drug-likeness (QED) is 0.297. The second-order valence-electron chi connectivity index (χ2n) is 12.6. The van der Waals surface area contributed by atoms with Gasteiger partial charge in [0.15, 0.2) is 0 Å². The fourth-order valence-corrected chi connectivity index (χ4v) is 5.86. The van der Waals surface area contributed by atoms with Crippen molar-refractivity contribution in [3.8, 4) is 16.9 Å². The second-order valence-corrected chi connectivity index (χ2v) is 12.6. The van der Waals surface area contributed by atoms with Crippen molar-refractivity contribution in [2.75, 3.05) is 25.5 Å². The zero-order chi connectivity index (χ0) is 31.2. The van der Waals surface area contributed by atoms with Gasteiger partial charge in [-0.1, -0.05) is 45.0 Å². The normalized spacial score (nSPS) is 15.6. The molecule has 226 valence electrons. The summed E-state index contributed by atoms with van der Waals surface area (Å²) in [6, 6.07) is 16.7. The van der Waals surface area contributed by atoms with Gasteiger partial charge in [-0.25, -0.2) is 9.67 Å². The summed E-state index contributed by atoms with van der Waals surface area (Å²) in [7, 11) is 3.70. The van der Waals surface area contributed by atoms with E-state index in [0.29, 0.717) is 45.3 Å². The molecule has 6 rings (SSSR count). The van der Waals surface area contributed by atoms with Gasteiger partial charge in [0.1, 0.15) is 11.5 Å². The lowest BCUT2D eigenvalue weighted by atomic mass is 9.86. The molecule has 1 aliphatic rings. The molecule has 10 nitrogen and oxygen atoms in total. The Morgan fingerprint density at radius 1 is 1.00 bits per heavy atom. The summed E-state index contributed by atoms with van der Waals surface area (Å²) in [5.41, 5.74) is 3.85. The topological polar surface area (TPSA) is 118 Å². The van der Waals surface area contributed by atoms with Crippen molar-refractivity contribution in [1.29, 1.82) is 0 Å². The van der Waals surface area contributed by atoms with E-state index in [1.54, 1.807) is 37.5 Å². The lowest BCUT2D eigenvalue weighted by Gasteiger charge is -2.19. The van der Waals surface area contributed by atoms with E-state index in [-0.39, 0.29) is 23.1 Å². The summed E-state index contributed by atoms with van der Waals surface area (Å²) in [5.74, 6) is 1.00. The summed E-state index contributed by atoms with van der Waals surface area (Å²) in [6.45, 7) is 8.08. The third-order valence-electron chi connectivity index (χ3n) is 8.44. The first kappa shape index (κ1) is 29.4. The molecule has 1 saturated heterocycles. The van der Waals surface area contributed by atoms with Crippen molar-refractivity contribution in [2.45, 2.75) is 45.1 Å². The summed E-state index contributed by atoms with van der Waals surface area (Å²) in [4.78, 5) is 33.6. The fourth-order valence-electron chi connectivity index (χ4n) is 5.86. The van der Waals surface area contributed by atoms with Gasteiger partial charge < -0.3 is 15.3 Å². The van der Waals surface area contributed by atoms with Crippen molar-refractivity contribution in [3.63, 3.8) is 0 Å². The Bertz CT molecular complexity index is 1970. The average Bonchev–Trinajstić information content (AvgIpc) is 3.45. The van der Waals surface area contributed by atoms with E-state index >= 15 is 0 Å². The van der Waals surface area contributed by atoms with Crippen LogP contribution in [0.3, 0.4) is 0 Å². The van der Waals surface area contributed by atoms with Gasteiger partial charge in [-0.2, -0.15) is 14.9 Å². The highest BCUT2D eigenvalue weighted by atomic mass is 16.3. The molecule has 2 N–H and O–H groups in total. The SMILES string of the molecule is CN1CC[C@H](c2ccc(Nc3cc(-c4cccc(-n5ncc6cc(C(C)(C)C)ccc6c5=O)c4CO)nn(C)c3=O)nc2)C1. The van der Waals surface area contributed by atoms with Gasteiger partial charge in [-0.3, -0.25) is 9.59 Å². The Morgan fingerprint density at radius 3 is 2.50 bits per heavy atom. The Balaban J connectivity index is 1.37. The fraction of sp³-hybridized carbons (Fsp3) is 0.324. The number of fused-ring (bicyclic) bond motifs is 1. The van der Waals surface area contributed by atoms with E-state index in [1.807, 2.05) is 30.5 Å². The third kappa shape index (κ3) is 5.54. The molecule has 44 heavy (non-hydrogen) atoms. The molecule has 0 spiro atoms. The van der Waals surface area contributed by atoms with Crippen molar-refractivity contribution in [1.82, 2.24) is 29.4 Å². The lowest BCUT2D eigenvalue weighted by molar-refractivity contribution is 0.281. The van der Waals surface area contributed by atoms with E-state index in [4.69, 9.17) is 0 Å². The van der Waals surface area contributed by atoms with Gasteiger partial charge in [0.2, 0.25) is 0 Å². The second kappa shape index (κ2) is 11.4. The standard InChI is InChI=1S/C34H37N7O3/c1-34(2,3)24-10-11-25-23(15-24)18-36-41(32(25)43)30-8-6-7-26(27(30)20-42)28-16-29(33(44)40(5)38-28)37-31-12-9-21(17-35-31)22-13-14-39(4)19-22/h6-12,15-18,22,42H,13-14,19-20H2,1-5H3,(H,35,37)/t22-/m0/s1. The third-order valence-corrected chi connectivity index (χ3v) is 8.44. The minimum atomic E-state index is -0.368. The number of aromatic nitrogens is 5. The summed E-state index contributed by atoms with van der Waals surface area (Å²) < 4.78 is 2.56. The number of aryl methyl sites for hydroxylation is 1. The molecule has 5 aromatic rings. The Kier molecular flexibility index (Phi) is 7.65. The summed E-state index contributed by atoms with van der Waals surface area (Å²) in [5, 5.41) is 24.0. The van der Waals surface area contributed by atoms with Gasteiger partial charge in [0.25, 0.3) is 11.1 Å². The van der Waals surface area contributed by atoms with Crippen LogP contribution in [0.4, 0.5) is 11.5 Å². The van der Waals surface area contributed by atoms with Crippen LogP contribution in [-0.4, -0.2) is 54.7 Å². The first-order valence-electron chi connectivity index (χ1n) is 14.8. The maximum absolute atomic E-state index is 13.6. The molecule has 1 atom stereocenters. The van der Waals surface area contributed by atoms with Crippen LogP contribution >= 0.6 is 0 Å². The molecular formula is C34H37N7O3. The van der Waals surface area contributed by atoms with Crippen LogP contribution in [0.2, 0.25) is 0 Å². The lowest BCUT2D eigenvalue weighted by Crippen LogP contribution is -2.24. The number of likely N-dealkylation sites (N-methyl/N-ethyl adjacent to an activating group) is 1. The summed E-state index contributed by atoms with van der Waals surface area (Å²) in [6.07, 6.45) is 4.64. The van der Waals surface area contributed by atoms with Crippen LogP contribution in [0.25, 0.3) is 27.7 Å². The Morgan fingerprint density at radius 2 is 1.82 bits per heavy atom. The number of rotatable bonds is 6. The molecule has 0 amide bonds. The number of hydrogen-bond donors (Lipinski definition) is 2. The van der Waals surface area contributed by atoms with Crippen LogP contribution in [-0.2, 0) is 19.1 Å². The number of hydrogen-bond acceptors (Lipinski definition) is 8. The van der Waals surface area contributed by atoms with E-state index in [1.165, 1.54) is 14.9 Å².